The Balaban J connectivity index is 1.60. The molecule has 0 aliphatic carbocycles. The largest absolute Gasteiger partial charge is 0.372 e. The SMILES string of the molecule is CNc1nc(N2CCC(Cn3cncn3)CC2)ncc1Br. The van der Waals surface area contributed by atoms with Gasteiger partial charge in [0.25, 0.3) is 0 Å². The number of piperidine rings is 1. The van der Waals surface area contributed by atoms with Gasteiger partial charge in [-0.15, -0.1) is 0 Å². The molecule has 3 heterocycles. The summed E-state index contributed by atoms with van der Waals surface area (Å²) in [5.41, 5.74) is 0. The van der Waals surface area contributed by atoms with E-state index in [4.69, 9.17) is 0 Å². The topological polar surface area (TPSA) is 71.8 Å². The summed E-state index contributed by atoms with van der Waals surface area (Å²) >= 11 is 3.44. The monoisotopic (exact) mass is 351 g/mol. The molecule has 0 atom stereocenters. The van der Waals surface area contributed by atoms with Gasteiger partial charge in [0.15, 0.2) is 0 Å². The molecule has 1 N–H and O–H groups in total. The van der Waals surface area contributed by atoms with E-state index in [0.29, 0.717) is 5.92 Å². The lowest BCUT2D eigenvalue weighted by molar-refractivity contribution is 0.340. The fourth-order valence-corrected chi connectivity index (χ4v) is 2.98. The van der Waals surface area contributed by atoms with Crippen molar-refractivity contribution in [2.45, 2.75) is 19.4 Å². The highest BCUT2D eigenvalue weighted by molar-refractivity contribution is 9.10. The number of anilines is 2. The van der Waals surface area contributed by atoms with Crippen LogP contribution in [0.3, 0.4) is 0 Å². The Bertz CT molecular complexity index is 578. The van der Waals surface area contributed by atoms with Gasteiger partial charge in [-0.3, -0.25) is 4.68 Å². The van der Waals surface area contributed by atoms with Crippen molar-refractivity contribution in [2.24, 2.45) is 5.92 Å². The number of nitrogens with one attached hydrogen (secondary N) is 1. The summed E-state index contributed by atoms with van der Waals surface area (Å²) < 4.78 is 2.80. The first kappa shape index (κ1) is 14.2. The molecule has 1 aliphatic rings. The van der Waals surface area contributed by atoms with Crippen LogP contribution in [0.2, 0.25) is 0 Å². The highest BCUT2D eigenvalue weighted by Crippen LogP contribution is 2.25. The normalized spacial score (nSPS) is 16.2. The zero-order valence-corrected chi connectivity index (χ0v) is 13.5. The Kier molecular flexibility index (Phi) is 4.33. The fraction of sp³-hybridized carbons (Fsp3) is 0.538. The molecular formula is C13H18BrN7. The minimum atomic E-state index is 0.641. The van der Waals surface area contributed by atoms with Crippen LogP contribution < -0.4 is 10.2 Å². The summed E-state index contributed by atoms with van der Waals surface area (Å²) in [6.45, 7) is 2.89. The third-order valence-electron chi connectivity index (χ3n) is 3.78. The average molecular weight is 352 g/mol. The van der Waals surface area contributed by atoms with E-state index in [-0.39, 0.29) is 0 Å². The Hall–Kier alpha value is -1.70. The predicted octanol–water partition coefficient (Wildman–Crippen LogP) is 1.79. The summed E-state index contributed by atoms with van der Waals surface area (Å²) in [5.74, 6) is 2.26. The molecule has 3 rings (SSSR count). The third kappa shape index (κ3) is 3.31. The van der Waals surface area contributed by atoms with Crippen LogP contribution in [0.5, 0.6) is 0 Å². The highest BCUT2D eigenvalue weighted by atomic mass is 79.9. The molecule has 0 radical (unpaired) electrons. The van der Waals surface area contributed by atoms with E-state index < -0.39 is 0 Å². The van der Waals surface area contributed by atoms with Gasteiger partial charge < -0.3 is 10.2 Å². The lowest BCUT2D eigenvalue weighted by atomic mass is 9.97. The number of halogens is 1. The van der Waals surface area contributed by atoms with Gasteiger partial charge in [0.2, 0.25) is 5.95 Å². The van der Waals surface area contributed by atoms with E-state index in [1.807, 2.05) is 11.7 Å². The van der Waals surface area contributed by atoms with Crippen LogP contribution in [-0.4, -0.2) is 44.9 Å². The van der Waals surface area contributed by atoms with Crippen LogP contribution in [0.4, 0.5) is 11.8 Å². The van der Waals surface area contributed by atoms with Crippen molar-refractivity contribution in [3.63, 3.8) is 0 Å². The summed E-state index contributed by atoms with van der Waals surface area (Å²) in [5, 5.41) is 7.24. The van der Waals surface area contributed by atoms with E-state index in [1.165, 1.54) is 0 Å². The van der Waals surface area contributed by atoms with Crippen LogP contribution in [0.1, 0.15) is 12.8 Å². The van der Waals surface area contributed by atoms with Crippen molar-refractivity contribution in [3.8, 4) is 0 Å². The molecule has 1 saturated heterocycles. The molecule has 1 aliphatic heterocycles. The van der Waals surface area contributed by atoms with Crippen molar-refractivity contribution >= 4 is 27.7 Å². The summed E-state index contributed by atoms with van der Waals surface area (Å²) in [6, 6.07) is 0. The predicted molar refractivity (Wildman–Crippen MR) is 84.2 cm³/mol. The zero-order chi connectivity index (χ0) is 14.7. The van der Waals surface area contributed by atoms with Gasteiger partial charge in [-0.2, -0.15) is 10.1 Å². The fourth-order valence-electron chi connectivity index (χ4n) is 2.59. The first-order chi connectivity index (χ1) is 10.3. The minimum Gasteiger partial charge on any atom is -0.372 e. The standard InChI is InChI=1S/C13H18BrN7/c1-15-12-11(14)6-17-13(19-12)20-4-2-10(3-5-20)7-21-9-16-8-18-21/h6,8-10H,2-5,7H2,1H3,(H,15,17,19). The maximum atomic E-state index is 4.54. The number of rotatable bonds is 4. The van der Waals surface area contributed by atoms with Crippen LogP contribution >= 0.6 is 15.9 Å². The van der Waals surface area contributed by atoms with Crippen LogP contribution in [0, 0.1) is 5.92 Å². The molecule has 0 saturated carbocycles. The molecule has 2 aromatic heterocycles. The van der Waals surface area contributed by atoms with Gasteiger partial charge in [0.1, 0.15) is 18.5 Å². The third-order valence-corrected chi connectivity index (χ3v) is 4.36. The van der Waals surface area contributed by atoms with Gasteiger partial charge >= 0.3 is 0 Å². The number of nitrogens with zero attached hydrogens (tertiary/aromatic N) is 6. The van der Waals surface area contributed by atoms with Gasteiger partial charge in [0.05, 0.1) is 4.47 Å². The highest BCUT2D eigenvalue weighted by Gasteiger charge is 2.22. The molecular weight excluding hydrogens is 334 g/mol. The quantitative estimate of drug-likeness (QED) is 0.905. The summed E-state index contributed by atoms with van der Waals surface area (Å²) in [4.78, 5) is 15.2. The number of hydrogen-bond donors (Lipinski definition) is 1. The van der Waals surface area contributed by atoms with E-state index in [1.54, 1.807) is 18.9 Å². The van der Waals surface area contributed by atoms with Gasteiger partial charge in [-0.1, -0.05) is 0 Å². The van der Waals surface area contributed by atoms with E-state index in [9.17, 15) is 0 Å². The van der Waals surface area contributed by atoms with E-state index in [0.717, 1.165) is 48.7 Å². The zero-order valence-electron chi connectivity index (χ0n) is 11.9. The second-order valence-electron chi connectivity index (χ2n) is 5.16. The van der Waals surface area contributed by atoms with Crippen LogP contribution in [0.15, 0.2) is 23.3 Å². The molecule has 7 nitrogen and oxygen atoms in total. The molecule has 112 valence electrons. The second-order valence-corrected chi connectivity index (χ2v) is 6.02. The Morgan fingerprint density at radius 3 is 2.86 bits per heavy atom. The van der Waals surface area contributed by atoms with Crippen LogP contribution in [0.25, 0.3) is 0 Å². The summed E-state index contributed by atoms with van der Waals surface area (Å²) in [6.07, 6.45) is 7.41. The number of hydrogen-bond acceptors (Lipinski definition) is 6. The molecule has 21 heavy (non-hydrogen) atoms. The van der Waals surface area contributed by atoms with Crippen LogP contribution in [-0.2, 0) is 6.54 Å². The molecule has 0 aromatic carbocycles. The van der Waals surface area contributed by atoms with Crippen molar-refractivity contribution in [2.75, 3.05) is 30.4 Å². The lowest BCUT2D eigenvalue weighted by Gasteiger charge is -2.32. The van der Waals surface area contributed by atoms with Crippen molar-refractivity contribution in [1.29, 1.82) is 0 Å². The first-order valence-corrected chi connectivity index (χ1v) is 7.83. The maximum Gasteiger partial charge on any atom is 0.227 e. The summed E-state index contributed by atoms with van der Waals surface area (Å²) in [7, 11) is 1.86. The molecule has 0 spiro atoms. The Labute approximate surface area is 131 Å². The van der Waals surface area contributed by atoms with E-state index in [2.05, 4.69) is 46.2 Å². The number of aromatic nitrogens is 5. The average Bonchev–Trinajstić information content (AvgIpc) is 3.02. The van der Waals surface area contributed by atoms with Gasteiger partial charge in [-0.05, 0) is 34.7 Å². The molecule has 0 amide bonds. The molecule has 0 unspecified atom stereocenters. The van der Waals surface area contributed by atoms with Gasteiger partial charge in [-0.25, -0.2) is 9.97 Å². The Morgan fingerprint density at radius 1 is 1.38 bits per heavy atom. The van der Waals surface area contributed by atoms with E-state index >= 15 is 0 Å². The lowest BCUT2D eigenvalue weighted by Crippen LogP contribution is -2.36. The first-order valence-electron chi connectivity index (χ1n) is 7.04. The van der Waals surface area contributed by atoms with Crippen molar-refractivity contribution < 1.29 is 0 Å². The smallest absolute Gasteiger partial charge is 0.227 e. The second kappa shape index (κ2) is 6.38. The molecule has 2 aromatic rings. The van der Waals surface area contributed by atoms with Crippen molar-refractivity contribution in [3.05, 3.63) is 23.3 Å². The minimum absolute atomic E-state index is 0.641. The molecule has 0 bridgehead atoms. The van der Waals surface area contributed by atoms with Gasteiger partial charge in [0, 0.05) is 32.9 Å². The molecule has 8 heteroatoms. The Morgan fingerprint density at radius 2 is 2.19 bits per heavy atom. The maximum absolute atomic E-state index is 4.54. The molecule has 1 fully saturated rings. The van der Waals surface area contributed by atoms with Crippen molar-refractivity contribution in [1.82, 2.24) is 24.7 Å².